The first-order valence-electron chi connectivity index (χ1n) is 15.8. The molecule has 0 fully saturated rings. The number of methoxy groups -OCH3 is 3. The molecule has 0 radical (unpaired) electrons. The highest BCUT2D eigenvalue weighted by molar-refractivity contribution is 5.94. The lowest BCUT2D eigenvalue weighted by atomic mass is 10.1. The summed E-state index contributed by atoms with van der Waals surface area (Å²) < 4.78 is 77.0. The van der Waals surface area contributed by atoms with Gasteiger partial charge in [-0.25, -0.2) is 4.79 Å². The van der Waals surface area contributed by atoms with Crippen LogP contribution in [0, 0.1) is 25.7 Å². The maximum Gasteiger partial charge on any atom is 0.453 e. The second-order valence-corrected chi connectivity index (χ2v) is 12.6. The number of carbonyl (C=O) groups excluding carboxylic acids is 1. The van der Waals surface area contributed by atoms with Crippen molar-refractivity contribution >= 4 is 16.9 Å². The molecule has 0 unspecified atom stereocenters. The monoisotopic (exact) mass is 685 g/mol. The van der Waals surface area contributed by atoms with E-state index in [1.807, 2.05) is 39.5 Å². The zero-order valence-electron chi connectivity index (χ0n) is 29.2. The SMILES string of the molecule is COc1cc(C(=O)Oc2ccc3c(=O)c(Oc4ccc(C)c(C)c4)c(C(F)(F)F)oc3c2CN(CC(C)C)CC(C)C)cc(OC)c1OC. The summed E-state index contributed by atoms with van der Waals surface area (Å²) in [6.45, 7) is 12.8. The van der Waals surface area contributed by atoms with Crippen molar-refractivity contribution in [1.29, 1.82) is 0 Å². The molecule has 0 amide bonds. The number of carbonyl (C=O) groups is 1. The molecule has 12 heteroatoms. The molecule has 4 aromatic rings. The lowest BCUT2D eigenvalue weighted by molar-refractivity contribution is -0.154. The molecule has 1 aromatic heterocycles. The van der Waals surface area contributed by atoms with Gasteiger partial charge in [0.25, 0.3) is 5.76 Å². The molecule has 0 aliphatic carbocycles. The van der Waals surface area contributed by atoms with Crippen LogP contribution in [0.4, 0.5) is 13.2 Å². The van der Waals surface area contributed by atoms with Gasteiger partial charge in [-0.15, -0.1) is 0 Å². The summed E-state index contributed by atoms with van der Waals surface area (Å²) in [5, 5.41) is -0.163. The minimum atomic E-state index is -5.10. The fourth-order valence-electron chi connectivity index (χ4n) is 5.52. The van der Waals surface area contributed by atoms with Crippen LogP contribution in [0.2, 0.25) is 0 Å². The van der Waals surface area contributed by atoms with Gasteiger partial charge < -0.3 is 28.1 Å². The zero-order chi connectivity index (χ0) is 36.2. The Morgan fingerprint density at radius 3 is 1.94 bits per heavy atom. The molecule has 0 aliphatic rings. The predicted molar refractivity (Wildman–Crippen MR) is 179 cm³/mol. The Bertz CT molecular complexity index is 1850. The first-order chi connectivity index (χ1) is 23.1. The number of halogens is 3. The number of aryl methyl sites for hydroxylation is 2. The van der Waals surface area contributed by atoms with E-state index in [1.54, 1.807) is 19.1 Å². The first kappa shape index (κ1) is 37.1. The third-order valence-electron chi connectivity index (χ3n) is 7.77. The van der Waals surface area contributed by atoms with Crippen LogP contribution in [0.1, 0.15) is 60.5 Å². The zero-order valence-corrected chi connectivity index (χ0v) is 29.2. The number of nitrogens with zero attached hydrogens (tertiary/aromatic N) is 1. The Hall–Kier alpha value is -4.71. The Balaban J connectivity index is 1.95. The Morgan fingerprint density at radius 2 is 1.43 bits per heavy atom. The molecule has 0 saturated carbocycles. The summed E-state index contributed by atoms with van der Waals surface area (Å²) in [7, 11) is 4.20. The van der Waals surface area contributed by atoms with Gasteiger partial charge in [-0.3, -0.25) is 9.69 Å². The van der Waals surface area contributed by atoms with Crippen molar-refractivity contribution in [2.75, 3.05) is 34.4 Å². The number of fused-ring (bicyclic) bond motifs is 1. The average molecular weight is 686 g/mol. The fourth-order valence-corrected chi connectivity index (χ4v) is 5.52. The van der Waals surface area contributed by atoms with Gasteiger partial charge in [0.05, 0.1) is 37.8 Å². The molecule has 0 bridgehead atoms. The molecule has 264 valence electrons. The molecule has 1 heterocycles. The molecule has 4 rings (SSSR count). The lowest BCUT2D eigenvalue weighted by Gasteiger charge is -2.27. The van der Waals surface area contributed by atoms with Crippen LogP contribution in [0.5, 0.6) is 34.5 Å². The Labute approximate surface area is 283 Å². The van der Waals surface area contributed by atoms with Crippen molar-refractivity contribution in [2.45, 2.75) is 54.3 Å². The number of rotatable bonds is 13. The highest BCUT2D eigenvalue weighted by Gasteiger charge is 2.41. The van der Waals surface area contributed by atoms with Gasteiger partial charge in [0.2, 0.25) is 16.9 Å². The van der Waals surface area contributed by atoms with Crippen LogP contribution < -0.4 is 29.1 Å². The summed E-state index contributed by atoms with van der Waals surface area (Å²) in [6, 6.07) is 10.2. The minimum Gasteiger partial charge on any atom is -0.493 e. The molecule has 0 aliphatic heterocycles. The first-order valence-corrected chi connectivity index (χ1v) is 15.8. The molecule has 0 saturated heterocycles. The third kappa shape index (κ3) is 8.48. The van der Waals surface area contributed by atoms with Crippen molar-refractivity contribution in [3.05, 3.63) is 80.7 Å². The van der Waals surface area contributed by atoms with E-state index in [1.165, 1.54) is 51.7 Å². The van der Waals surface area contributed by atoms with Gasteiger partial charge in [-0.2, -0.15) is 13.2 Å². The average Bonchev–Trinajstić information content (AvgIpc) is 3.02. The summed E-state index contributed by atoms with van der Waals surface area (Å²) in [5.74, 6) is -2.44. The van der Waals surface area contributed by atoms with Crippen molar-refractivity contribution < 1.29 is 46.1 Å². The smallest absolute Gasteiger partial charge is 0.453 e. The molecule has 0 spiro atoms. The maximum atomic E-state index is 14.6. The number of hydrogen-bond donors (Lipinski definition) is 0. The number of hydrogen-bond acceptors (Lipinski definition) is 9. The molecule has 0 atom stereocenters. The molecule has 9 nitrogen and oxygen atoms in total. The highest BCUT2D eigenvalue weighted by atomic mass is 19.4. The Kier molecular flexibility index (Phi) is 11.5. The lowest BCUT2D eigenvalue weighted by Crippen LogP contribution is -2.31. The van der Waals surface area contributed by atoms with Gasteiger partial charge in [0, 0.05) is 19.6 Å². The topological polar surface area (TPSA) is 96.7 Å². The van der Waals surface area contributed by atoms with E-state index in [-0.39, 0.29) is 69.2 Å². The second-order valence-electron chi connectivity index (χ2n) is 12.6. The highest BCUT2D eigenvalue weighted by Crippen LogP contribution is 2.42. The number of ether oxygens (including phenoxy) is 5. The number of alkyl halides is 3. The quantitative estimate of drug-likeness (QED) is 0.101. The van der Waals surface area contributed by atoms with E-state index in [4.69, 9.17) is 28.1 Å². The summed E-state index contributed by atoms with van der Waals surface area (Å²) in [6.07, 6.45) is -5.10. The van der Waals surface area contributed by atoms with Gasteiger partial charge in [0.15, 0.2) is 11.5 Å². The molecule has 0 N–H and O–H groups in total. The third-order valence-corrected chi connectivity index (χ3v) is 7.77. The van der Waals surface area contributed by atoms with Crippen LogP contribution in [-0.4, -0.2) is 45.3 Å². The van der Waals surface area contributed by atoms with Gasteiger partial charge in [-0.05, 0) is 73.2 Å². The van der Waals surface area contributed by atoms with Crippen LogP contribution in [0.15, 0.2) is 51.7 Å². The minimum absolute atomic E-state index is 0.0170. The Morgan fingerprint density at radius 1 is 0.816 bits per heavy atom. The van der Waals surface area contributed by atoms with Crippen molar-refractivity contribution in [3.8, 4) is 34.5 Å². The van der Waals surface area contributed by atoms with Crippen LogP contribution in [0.25, 0.3) is 11.0 Å². The van der Waals surface area contributed by atoms with E-state index in [0.717, 1.165) is 11.1 Å². The fraction of sp³-hybridized carbons (Fsp3) is 0.405. The molecular formula is C37H42F3NO8. The van der Waals surface area contributed by atoms with E-state index in [9.17, 15) is 22.8 Å². The van der Waals surface area contributed by atoms with E-state index >= 15 is 0 Å². The standard InChI is InChI=1S/C37H42F3NO8/c1-20(2)17-41(18-21(3)4)19-27-28(48-36(43)24-15-29(44-7)33(46-9)30(16-24)45-8)13-12-26-31(42)34(35(37(38,39)40)49-32(26)27)47-25-11-10-22(5)23(6)14-25/h10-16,20-21H,17-19H2,1-9H3. The molecule has 49 heavy (non-hydrogen) atoms. The van der Waals surface area contributed by atoms with E-state index < -0.39 is 29.1 Å². The summed E-state index contributed by atoms with van der Waals surface area (Å²) in [5.41, 5.74) is 0.413. The van der Waals surface area contributed by atoms with Gasteiger partial charge >= 0.3 is 12.1 Å². The van der Waals surface area contributed by atoms with Crippen molar-refractivity contribution in [2.24, 2.45) is 11.8 Å². The second kappa shape index (κ2) is 15.2. The van der Waals surface area contributed by atoms with E-state index in [0.29, 0.717) is 13.1 Å². The van der Waals surface area contributed by atoms with Crippen LogP contribution in [-0.2, 0) is 12.7 Å². The predicted octanol–water partition coefficient (Wildman–Crippen LogP) is 8.58. The van der Waals surface area contributed by atoms with Gasteiger partial charge in [0.1, 0.15) is 17.1 Å². The van der Waals surface area contributed by atoms with Crippen molar-refractivity contribution in [3.63, 3.8) is 0 Å². The van der Waals surface area contributed by atoms with Crippen LogP contribution >= 0.6 is 0 Å². The summed E-state index contributed by atoms with van der Waals surface area (Å²) >= 11 is 0. The van der Waals surface area contributed by atoms with Gasteiger partial charge in [-0.1, -0.05) is 33.8 Å². The summed E-state index contributed by atoms with van der Waals surface area (Å²) in [4.78, 5) is 29.5. The number of benzene rings is 3. The number of esters is 1. The van der Waals surface area contributed by atoms with Crippen LogP contribution in [0.3, 0.4) is 0 Å². The van der Waals surface area contributed by atoms with E-state index in [2.05, 4.69) is 0 Å². The molecular weight excluding hydrogens is 643 g/mol. The molecule has 3 aromatic carbocycles. The largest absolute Gasteiger partial charge is 0.493 e. The normalized spacial score (nSPS) is 11.8. The van der Waals surface area contributed by atoms with Crippen molar-refractivity contribution in [1.82, 2.24) is 4.90 Å². The maximum absolute atomic E-state index is 14.6.